The first-order valence-corrected chi connectivity index (χ1v) is 7.42. The van der Waals surface area contributed by atoms with E-state index in [1.54, 1.807) is 12.1 Å². The second kappa shape index (κ2) is 5.16. The first kappa shape index (κ1) is 14.6. The third-order valence-corrected chi connectivity index (χ3v) is 4.22. The van der Waals surface area contributed by atoms with Crippen LogP contribution in [-0.2, 0) is 6.54 Å². The number of fused-ring (bicyclic) bond motifs is 1. The lowest BCUT2D eigenvalue weighted by atomic mass is 9.88. The SMILES string of the molecule is CC1=CC(C)(C)N(Cc2ccc(F)cc2)c2ccc(O)cc21. The van der Waals surface area contributed by atoms with Crippen LogP contribution in [0.3, 0.4) is 0 Å². The van der Waals surface area contributed by atoms with Gasteiger partial charge in [-0.2, -0.15) is 0 Å². The molecule has 0 amide bonds. The van der Waals surface area contributed by atoms with Crippen LogP contribution in [0.5, 0.6) is 5.75 Å². The molecule has 2 aromatic carbocycles. The summed E-state index contributed by atoms with van der Waals surface area (Å²) < 4.78 is 13.1. The minimum atomic E-state index is -0.220. The van der Waals surface area contributed by atoms with E-state index in [2.05, 4.69) is 31.7 Å². The largest absolute Gasteiger partial charge is 0.508 e. The molecule has 22 heavy (non-hydrogen) atoms. The molecule has 2 nitrogen and oxygen atoms in total. The van der Waals surface area contributed by atoms with Crippen molar-refractivity contribution < 1.29 is 9.50 Å². The third-order valence-electron chi connectivity index (χ3n) is 4.22. The first-order chi connectivity index (χ1) is 10.4. The van der Waals surface area contributed by atoms with Crippen LogP contribution in [0.2, 0.25) is 0 Å². The molecule has 0 radical (unpaired) electrons. The van der Waals surface area contributed by atoms with Crippen LogP contribution < -0.4 is 4.90 Å². The number of halogens is 1. The standard InChI is InChI=1S/C19H20FNO/c1-13-11-19(2,3)21(12-14-4-6-15(20)7-5-14)18-9-8-16(22)10-17(13)18/h4-11,22H,12H2,1-3H3. The Kier molecular flexibility index (Phi) is 3.44. The van der Waals surface area contributed by atoms with Crippen LogP contribution in [0.15, 0.2) is 48.5 Å². The molecular formula is C19H20FNO. The predicted octanol–water partition coefficient (Wildman–Crippen LogP) is 4.73. The van der Waals surface area contributed by atoms with Gasteiger partial charge in [0.15, 0.2) is 0 Å². The van der Waals surface area contributed by atoms with Crippen LogP contribution in [0.1, 0.15) is 31.9 Å². The van der Waals surface area contributed by atoms with Gasteiger partial charge >= 0.3 is 0 Å². The number of hydrogen-bond donors (Lipinski definition) is 1. The van der Waals surface area contributed by atoms with Gasteiger partial charge in [-0.1, -0.05) is 18.2 Å². The van der Waals surface area contributed by atoms with Gasteiger partial charge in [-0.15, -0.1) is 0 Å². The van der Waals surface area contributed by atoms with E-state index in [0.29, 0.717) is 6.54 Å². The van der Waals surface area contributed by atoms with Crippen molar-refractivity contribution in [2.24, 2.45) is 0 Å². The normalized spacial score (nSPS) is 16.2. The van der Waals surface area contributed by atoms with Gasteiger partial charge in [-0.25, -0.2) is 4.39 Å². The van der Waals surface area contributed by atoms with E-state index in [9.17, 15) is 9.50 Å². The van der Waals surface area contributed by atoms with Gasteiger partial charge < -0.3 is 10.0 Å². The van der Waals surface area contributed by atoms with Gasteiger partial charge in [-0.05, 0) is 62.2 Å². The maximum absolute atomic E-state index is 13.1. The molecule has 0 saturated heterocycles. The average Bonchev–Trinajstić information content (AvgIpc) is 2.45. The molecule has 0 bridgehead atoms. The molecule has 1 aliphatic heterocycles. The van der Waals surface area contributed by atoms with Gasteiger partial charge in [0, 0.05) is 17.8 Å². The van der Waals surface area contributed by atoms with E-state index >= 15 is 0 Å². The Bertz CT molecular complexity index is 732. The van der Waals surface area contributed by atoms with Gasteiger partial charge in [0.25, 0.3) is 0 Å². The van der Waals surface area contributed by atoms with Crippen molar-refractivity contribution in [2.45, 2.75) is 32.9 Å². The lowest BCUT2D eigenvalue weighted by molar-refractivity contribution is 0.474. The van der Waals surface area contributed by atoms with Crippen molar-refractivity contribution in [3.63, 3.8) is 0 Å². The molecule has 3 rings (SSSR count). The fourth-order valence-corrected chi connectivity index (χ4v) is 3.13. The molecule has 2 aromatic rings. The topological polar surface area (TPSA) is 23.5 Å². The summed E-state index contributed by atoms with van der Waals surface area (Å²) in [4.78, 5) is 2.28. The van der Waals surface area contributed by atoms with Crippen LogP contribution >= 0.6 is 0 Å². The number of anilines is 1. The van der Waals surface area contributed by atoms with E-state index < -0.39 is 0 Å². The molecular weight excluding hydrogens is 277 g/mol. The summed E-state index contributed by atoms with van der Waals surface area (Å²) in [5, 5.41) is 9.76. The quantitative estimate of drug-likeness (QED) is 0.866. The second-order valence-electron chi connectivity index (χ2n) is 6.40. The molecule has 0 unspecified atom stereocenters. The van der Waals surface area contributed by atoms with Crippen LogP contribution in [0.4, 0.5) is 10.1 Å². The Morgan fingerprint density at radius 2 is 1.77 bits per heavy atom. The molecule has 1 aliphatic rings. The molecule has 0 aliphatic carbocycles. The molecule has 0 saturated carbocycles. The van der Waals surface area contributed by atoms with Gasteiger partial charge in [0.05, 0.1) is 5.54 Å². The van der Waals surface area contributed by atoms with E-state index in [1.165, 1.54) is 12.1 Å². The molecule has 1 N–H and O–H groups in total. The lowest BCUT2D eigenvalue weighted by Gasteiger charge is -2.43. The minimum absolute atomic E-state index is 0.150. The summed E-state index contributed by atoms with van der Waals surface area (Å²) >= 11 is 0. The van der Waals surface area contributed by atoms with Crippen molar-refractivity contribution in [1.82, 2.24) is 0 Å². The molecule has 0 spiro atoms. The zero-order chi connectivity index (χ0) is 15.9. The summed E-state index contributed by atoms with van der Waals surface area (Å²) in [6, 6.07) is 12.1. The molecule has 0 aromatic heterocycles. The Balaban J connectivity index is 2.04. The number of benzene rings is 2. The Morgan fingerprint density at radius 3 is 2.45 bits per heavy atom. The zero-order valence-electron chi connectivity index (χ0n) is 13.1. The van der Waals surface area contributed by atoms with E-state index in [4.69, 9.17) is 0 Å². The maximum Gasteiger partial charge on any atom is 0.123 e. The smallest absolute Gasteiger partial charge is 0.123 e. The molecule has 1 heterocycles. The fraction of sp³-hybridized carbons (Fsp3) is 0.263. The van der Waals surface area contributed by atoms with Gasteiger partial charge in [0.2, 0.25) is 0 Å². The summed E-state index contributed by atoms with van der Waals surface area (Å²) in [5.41, 5.74) is 4.20. The fourth-order valence-electron chi connectivity index (χ4n) is 3.13. The highest BCUT2D eigenvalue weighted by Crippen LogP contribution is 2.41. The van der Waals surface area contributed by atoms with Gasteiger partial charge in [-0.3, -0.25) is 0 Å². The number of nitrogens with zero attached hydrogens (tertiary/aromatic N) is 1. The highest BCUT2D eigenvalue weighted by atomic mass is 19.1. The number of phenols is 1. The van der Waals surface area contributed by atoms with Crippen LogP contribution in [-0.4, -0.2) is 10.6 Å². The third kappa shape index (κ3) is 2.59. The number of hydrogen-bond acceptors (Lipinski definition) is 2. The number of phenolic OH excluding ortho intramolecular Hbond substituents is 1. The van der Waals surface area contributed by atoms with E-state index in [0.717, 1.165) is 22.4 Å². The Labute approximate surface area is 130 Å². The second-order valence-corrected chi connectivity index (χ2v) is 6.40. The number of allylic oxidation sites excluding steroid dienone is 1. The van der Waals surface area contributed by atoms with Gasteiger partial charge in [0.1, 0.15) is 11.6 Å². The summed E-state index contributed by atoms with van der Waals surface area (Å²) in [5.74, 6) is 0.0515. The predicted molar refractivity (Wildman–Crippen MR) is 88.4 cm³/mol. The summed E-state index contributed by atoms with van der Waals surface area (Å²) in [6.07, 6.45) is 2.21. The minimum Gasteiger partial charge on any atom is -0.508 e. The highest BCUT2D eigenvalue weighted by molar-refractivity contribution is 5.82. The Morgan fingerprint density at radius 1 is 1.09 bits per heavy atom. The molecule has 3 heteroatoms. The van der Waals surface area contributed by atoms with Crippen molar-refractivity contribution >= 4 is 11.3 Å². The summed E-state index contributed by atoms with van der Waals surface area (Å²) in [7, 11) is 0. The maximum atomic E-state index is 13.1. The number of rotatable bonds is 2. The van der Waals surface area contributed by atoms with Crippen LogP contribution in [0, 0.1) is 5.82 Å². The monoisotopic (exact) mass is 297 g/mol. The highest BCUT2D eigenvalue weighted by Gasteiger charge is 2.31. The first-order valence-electron chi connectivity index (χ1n) is 7.42. The Hall–Kier alpha value is -2.29. The molecule has 0 atom stereocenters. The van der Waals surface area contributed by atoms with E-state index in [-0.39, 0.29) is 17.1 Å². The van der Waals surface area contributed by atoms with Crippen LogP contribution in [0.25, 0.3) is 5.57 Å². The van der Waals surface area contributed by atoms with Crippen molar-refractivity contribution in [2.75, 3.05) is 4.90 Å². The van der Waals surface area contributed by atoms with Crippen molar-refractivity contribution in [3.05, 3.63) is 65.5 Å². The zero-order valence-corrected chi connectivity index (χ0v) is 13.1. The summed E-state index contributed by atoms with van der Waals surface area (Å²) in [6.45, 7) is 7.08. The molecule has 114 valence electrons. The molecule has 0 fully saturated rings. The average molecular weight is 297 g/mol. The number of aromatic hydroxyl groups is 1. The van der Waals surface area contributed by atoms with Crippen molar-refractivity contribution in [1.29, 1.82) is 0 Å². The lowest BCUT2D eigenvalue weighted by Crippen LogP contribution is -2.44. The van der Waals surface area contributed by atoms with E-state index in [1.807, 2.05) is 18.2 Å². The van der Waals surface area contributed by atoms with Crippen molar-refractivity contribution in [3.8, 4) is 5.75 Å².